The second-order valence-electron chi connectivity index (χ2n) is 3.04. The summed E-state index contributed by atoms with van der Waals surface area (Å²) in [5.41, 5.74) is 2.07. The number of hydrogen-bond donors (Lipinski definition) is 3. The molecule has 0 radical (unpaired) electrons. The van der Waals surface area contributed by atoms with Crippen LogP contribution in [0.5, 0.6) is 0 Å². The Morgan fingerprint density at radius 3 is 2.38 bits per heavy atom. The fourth-order valence-corrected chi connectivity index (χ4v) is 1.18. The Balaban J connectivity index is 2.79. The molecule has 3 amide bonds. The predicted molar refractivity (Wildman–Crippen MR) is 54.4 cm³/mol. The maximum atomic E-state index is 11.2. The number of aliphatic hydroxyl groups excluding tert-OH is 1. The van der Waals surface area contributed by atoms with E-state index in [1.165, 1.54) is 5.48 Å². The first-order valence-corrected chi connectivity index (χ1v) is 4.58. The number of carbonyl (C=O) groups is 2. The van der Waals surface area contributed by atoms with Gasteiger partial charge < -0.3 is 5.11 Å². The van der Waals surface area contributed by atoms with Crippen LogP contribution < -0.4 is 5.48 Å². The van der Waals surface area contributed by atoms with Crippen LogP contribution in [-0.2, 0) is 11.3 Å². The Morgan fingerprint density at radius 2 is 1.88 bits per heavy atom. The first-order valence-electron chi connectivity index (χ1n) is 4.58. The van der Waals surface area contributed by atoms with Gasteiger partial charge in [0.15, 0.2) is 0 Å². The molecule has 0 unspecified atom stereocenters. The zero-order valence-corrected chi connectivity index (χ0v) is 8.46. The van der Waals surface area contributed by atoms with Crippen molar-refractivity contribution in [3.8, 4) is 0 Å². The van der Waals surface area contributed by atoms with Gasteiger partial charge in [-0.15, -0.1) is 0 Å². The minimum Gasteiger partial charge on any atom is -0.387 e. The van der Waals surface area contributed by atoms with Crippen LogP contribution in [0.4, 0.5) is 4.79 Å². The van der Waals surface area contributed by atoms with Crippen LogP contribution in [0.1, 0.15) is 5.56 Å². The minimum absolute atomic E-state index is 0.00731. The third-order valence-electron chi connectivity index (χ3n) is 1.96. The second-order valence-corrected chi connectivity index (χ2v) is 3.04. The molecular weight excluding hydrogens is 212 g/mol. The van der Waals surface area contributed by atoms with Crippen molar-refractivity contribution >= 4 is 11.9 Å². The lowest BCUT2D eigenvalue weighted by atomic mass is 10.2. The van der Waals surface area contributed by atoms with E-state index in [2.05, 4.69) is 0 Å². The largest absolute Gasteiger partial charge is 0.387 e. The first-order chi connectivity index (χ1) is 7.69. The molecular formula is C10H12N2O4. The van der Waals surface area contributed by atoms with Gasteiger partial charge in [-0.2, -0.15) is 0 Å². The van der Waals surface area contributed by atoms with Crippen LogP contribution in [0.2, 0.25) is 0 Å². The van der Waals surface area contributed by atoms with E-state index in [9.17, 15) is 9.59 Å². The van der Waals surface area contributed by atoms with Gasteiger partial charge in [-0.3, -0.25) is 14.9 Å². The zero-order chi connectivity index (χ0) is 12.0. The number of hydroxylamine groups is 1. The molecule has 0 fully saturated rings. The summed E-state index contributed by atoms with van der Waals surface area (Å²) in [7, 11) is 0. The Hall–Kier alpha value is -1.92. The Morgan fingerprint density at radius 1 is 1.25 bits per heavy atom. The van der Waals surface area contributed by atoms with E-state index in [0.717, 1.165) is 4.90 Å². The molecule has 0 spiro atoms. The first kappa shape index (κ1) is 12.2. The smallest absolute Gasteiger partial charge is 0.348 e. The van der Waals surface area contributed by atoms with Crippen molar-refractivity contribution in [2.45, 2.75) is 6.54 Å². The van der Waals surface area contributed by atoms with Gasteiger partial charge in [0.05, 0.1) is 6.54 Å². The highest BCUT2D eigenvalue weighted by Gasteiger charge is 2.20. The molecule has 0 saturated carbocycles. The van der Waals surface area contributed by atoms with E-state index in [1.54, 1.807) is 30.3 Å². The molecule has 16 heavy (non-hydrogen) atoms. The molecule has 0 aliphatic rings. The van der Waals surface area contributed by atoms with Crippen LogP contribution >= 0.6 is 0 Å². The highest BCUT2D eigenvalue weighted by atomic mass is 16.5. The van der Waals surface area contributed by atoms with Gasteiger partial charge in [0.25, 0.3) is 5.91 Å². The molecule has 0 aliphatic carbocycles. The topological polar surface area (TPSA) is 89.9 Å². The normalized spacial score (nSPS) is 9.62. The van der Waals surface area contributed by atoms with Gasteiger partial charge in [-0.25, -0.2) is 10.3 Å². The highest BCUT2D eigenvalue weighted by Crippen LogP contribution is 2.04. The van der Waals surface area contributed by atoms with Gasteiger partial charge in [0.1, 0.15) is 6.61 Å². The molecule has 0 bridgehead atoms. The molecule has 0 atom stereocenters. The quantitative estimate of drug-likeness (QED) is 0.502. The molecule has 86 valence electrons. The predicted octanol–water partition coefficient (Wildman–Crippen LogP) is 0.106. The molecule has 1 rings (SSSR count). The molecule has 0 heterocycles. The van der Waals surface area contributed by atoms with Crippen LogP contribution in [0.3, 0.4) is 0 Å². The summed E-state index contributed by atoms with van der Waals surface area (Å²) < 4.78 is 0. The second kappa shape index (κ2) is 5.84. The lowest BCUT2D eigenvalue weighted by Gasteiger charge is -2.18. The lowest BCUT2D eigenvalue weighted by Crippen LogP contribution is -2.43. The van der Waals surface area contributed by atoms with Crippen LogP contribution in [0.25, 0.3) is 0 Å². The van der Waals surface area contributed by atoms with Gasteiger partial charge in [0.2, 0.25) is 0 Å². The van der Waals surface area contributed by atoms with E-state index in [1.807, 2.05) is 0 Å². The molecule has 0 saturated heterocycles. The zero-order valence-electron chi connectivity index (χ0n) is 8.46. The lowest BCUT2D eigenvalue weighted by molar-refractivity contribution is -0.132. The van der Waals surface area contributed by atoms with E-state index >= 15 is 0 Å². The van der Waals surface area contributed by atoms with E-state index < -0.39 is 18.5 Å². The number of aliphatic hydroxyl groups is 1. The number of rotatable bonds is 3. The monoisotopic (exact) mass is 224 g/mol. The number of benzene rings is 1. The van der Waals surface area contributed by atoms with Gasteiger partial charge in [-0.05, 0) is 5.56 Å². The van der Waals surface area contributed by atoms with Crippen LogP contribution in [-0.4, -0.2) is 33.8 Å². The van der Waals surface area contributed by atoms with E-state index in [-0.39, 0.29) is 6.54 Å². The van der Waals surface area contributed by atoms with Crippen molar-refractivity contribution in [1.82, 2.24) is 10.4 Å². The number of urea groups is 1. The fourth-order valence-electron chi connectivity index (χ4n) is 1.18. The number of nitrogens with zero attached hydrogens (tertiary/aromatic N) is 1. The van der Waals surface area contributed by atoms with Crippen molar-refractivity contribution < 1.29 is 19.9 Å². The average molecular weight is 224 g/mol. The number of imide groups is 1. The van der Waals surface area contributed by atoms with Crippen molar-refractivity contribution in [3.05, 3.63) is 35.9 Å². The average Bonchev–Trinajstić information content (AvgIpc) is 2.35. The van der Waals surface area contributed by atoms with E-state index in [0.29, 0.717) is 5.56 Å². The van der Waals surface area contributed by atoms with Crippen molar-refractivity contribution in [3.63, 3.8) is 0 Å². The van der Waals surface area contributed by atoms with Crippen LogP contribution in [0, 0.1) is 0 Å². The molecule has 1 aromatic rings. The third-order valence-corrected chi connectivity index (χ3v) is 1.96. The maximum absolute atomic E-state index is 11.2. The Labute approximate surface area is 92.1 Å². The third kappa shape index (κ3) is 3.04. The summed E-state index contributed by atoms with van der Waals surface area (Å²) >= 11 is 0. The summed E-state index contributed by atoms with van der Waals surface area (Å²) in [5.74, 6) is -0.782. The highest BCUT2D eigenvalue weighted by molar-refractivity contribution is 5.94. The molecule has 6 heteroatoms. The molecule has 6 nitrogen and oxygen atoms in total. The summed E-state index contributed by atoms with van der Waals surface area (Å²) in [6.45, 7) is -0.799. The minimum atomic E-state index is -0.970. The van der Waals surface area contributed by atoms with Crippen LogP contribution in [0.15, 0.2) is 30.3 Å². The molecule has 1 aromatic carbocycles. The number of nitrogens with one attached hydrogen (secondary N) is 1. The van der Waals surface area contributed by atoms with Gasteiger partial charge >= 0.3 is 6.03 Å². The molecule has 0 aliphatic heterocycles. The van der Waals surface area contributed by atoms with Crippen molar-refractivity contribution in [2.24, 2.45) is 0 Å². The SMILES string of the molecule is O=C(CO)N(Cc1ccccc1)C(=O)NO. The fraction of sp³-hybridized carbons (Fsp3) is 0.200. The Bertz CT molecular complexity index is 350. The summed E-state index contributed by atoms with van der Waals surface area (Å²) in [5, 5.41) is 17.1. The number of carbonyl (C=O) groups excluding carboxylic acids is 2. The standard InChI is InChI=1S/C10H12N2O4/c13-7-9(14)12(10(15)11-16)6-8-4-2-1-3-5-8/h1-5,13,16H,6-7H2,(H,11,15). The molecule has 0 aromatic heterocycles. The number of hydrogen-bond acceptors (Lipinski definition) is 4. The van der Waals surface area contributed by atoms with Gasteiger partial charge in [-0.1, -0.05) is 30.3 Å². The summed E-state index contributed by atoms with van der Waals surface area (Å²) in [6, 6.07) is 7.79. The van der Waals surface area contributed by atoms with E-state index in [4.69, 9.17) is 10.3 Å². The molecule has 3 N–H and O–H groups in total. The van der Waals surface area contributed by atoms with Crippen molar-refractivity contribution in [1.29, 1.82) is 0 Å². The summed E-state index contributed by atoms with van der Waals surface area (Å²) in [6.07, 6.45) is 0. The Kier molecular flexibility index (Phi) is 4.43. The van der Waals surface area contributed by atoms with Gasteiger partial charge in [0, 0.05) is 0 Å². The summed E-state index contributed by atoms with van der Waals surface area (Å²) in [4.78, 5) is 23.1. The number of amides is 3. The van der Waals surface area contributed by atoms with Crippen molar-refractivity contribution in [2.75, 3.05) is 6.61 Å². The maximum Gasteiger partial charge on any atom is 0.348 e.